The van der Waals surface area contributed by atoms with Gasteiger partial charge in [0.2, 0.25) is 0 Å². The second kappa shape index (κ2) is 8.77. The molecule has 1 aromatic carbocycles. The Labute approximate surface area is 150 Å². The zero-order chi connectivity index (χ0) is 16.8. The van der Waals surface area contributed by atoms with Crippen LogP contribution in [-0.2, 0) is 13.1 Å². The second-order valence-corrected chi connectivity index (χ2v) is 8.23. The number of likely N-dealkylation sites (tertiary alicyclic amines) is 1. The van der Waals surface area contributed by atoms with Crippen LogP contribution in [0.2, 0.25) is 0 Å². The fraction of sp³-hybridized carbons (Fsp3) is 0.632. The average Bonchev–Trinajstić information content (AvgIpc) is 2.63. The number of piperidine rings is 1. The minimum atomic E-state index is 0.690. The van der Waals surface area contributed by atoms with Gasteiger partial charge in [0.25, 0.3) is 0 Å². The van der Waals surface area contributed by atoms with Gasteiger partial charge in [0.15, 0.2) is 5.96 Å². The lowest BCUT2D eigenvalue weighted by Gasteiger charge is -2.30. The van der Waals surface area contributed by atoms with Crippen molar-refractivity contribution in [3.63, 3.8) is 0 Å². The van der Waals surface area contributed by atoms with Gasteiger partial charge in [0.05, 0.1) is 6.54 Å². The molecule has 132 valence electrons. The van der Waals surface area contributed by atoms with Crippen LogP contribution in [0, 0.1) is 5.92 Å². The van der Waals surface area contributed by atoms with Crippen molar-refractivity contribution in [3.8, 4) is 0 Å². The van der Waals surface area contributed by atoms with Gasteiger partial charge in [-0.25, -0.2) is 4.99 Å². The molecule has 0 aliphatic carbocycles. The highest BCUT2D eigenvalue weighted by molar-refractivity contribution is 7.99. The normalized spacial score (nSPS) is 21.2. The van der Waals surface area contributed by atoms with E-state index in [9.17, 15) is 0 Å². The standard InChI is InChI=1S/C19H30N4S/c1-16-6-8-22(9-7-16)15-18-5-3-2-4-17(18)14-21-19(20)23-10-12-24-13-11-23/h2-5,16H,6-15H2,1H3,(H2,20,21). The van der Waals surface area contributed by atoms with Gasteiger partial charge in [-0.05, 0) is 43.0 Å². The van der Waals surface area contributed by atoms with Crippen LogP contribution in [0.1, 0.15) is 30.9 Å². The Bertz CT molecular complexity index is 546. The van der Waals surface area contributed by atoms with E-state index >= 15 is 0 Å². The first-order valence-electron chi connectivity index (χ1n) is 9.14. The Morgan fingerprint density at radius 1 is 1.12 bits per heavy atom. The molecule has 2 aliphatic heterocycles. The quantitative estimate of drug-likeness (QED) is 0.673. The molecule has 2 saturated heterocycles. The lowest BCUT2D eigenvalue weighted by Crippen LogP contribution is -2.42. The maximum atomic E-state index is 6.20. The molecule has 3 rings (SSSR count). The maximum absolute atomic E-state index is 6.20. The molecule has 0 bridgehead atoms. The number of guanidine groups is 1. The molecule has 0 radical (unpaired) electrons. The van der Waals surface area contributed by atoms with E-state index < -0.39 is 0 Å². The zero-order valence-electron chi connectivity index (χ0n) is 14.8. The Hall–Kier alpha value is -1.20. The van der Waals surface area contributed by atoms with Gasteiger partial charge in [-0.15, -0.1) is 0 Å². The van der Waals surface area contributed by atoms with Crippen molar-refractivity contribution in [2.75, 3.05) is 37.7 Å². The first-order valence-corrected chi connectivity index (χ1v) is 10.3. The molecular weight excluding hydrogens is 316 g/mol. The summed E-state index contributed by atoms with van der Waals surface area (Å²) in [5, 5.41) is 0. The van der Waals surface area contributed by atoms with Crippen molar-refractivity contribution in [3.05, 3.63) is 35.4 Å². The summed E-state index contributed by atoms with van der Waals surface area (Å²) in [5.41, 5.74) is 8.91. The summed E-state index contributed by atoms with van der Waals surface area (Å²) in [6.45, 7) is 8.57. The summed E-state index contributed by atoms with van der Waals surface area (Å²) in [4.78, 5) is 9.47. The number of nitrogens with zero attached hydrogens (tertiary/aromatic N) is 3. The average molecular weight is 347 g/mol. The summed E-state index contributed by atoms with van der Waals surface area (Å²) in [6.07, 6.45) is 2.64. The molecule has 0 amide bonds. The van der Waals surface area contributed by atoms with Gasteiger partial charge >= 0.3 is 0 Å². The number of benzene rings is 1. The lowest BCUT2D eigenvalue weighted by molar-refractivity contribution is 0.185. The first-order chi connectivity index (χ1) is 11.7. The summed E-state index contributed by atoms with van der Waals surface area (Å²) < 4.78 is 0. The van der Waals surface area contributed by atoms with Crippen molar-refractivity contribution < 1.29 is 0 Å². The Morgan fingerprint density at radius 2 is 1.79 bits per heavy atom. The summed E-state index contributed by atoms with van der Waals surface area (Å²) in [7, 11) is 0. The van der Waals surface area contributed by atoms with Gasteiger partial charge in [0, 0.05) is 31.1 Å². The van der Waals surface area contributed by atoms with Gasteiger partial charge in [0.1, 0.15) is 0 Å². The summed E-state index contributed by atoms with van der Waals surface area (Å²) in [5.74, 6) is 3.89. The Morgan fingerprint density at radius 3 is 2.50 bits per heavy atom. The molecular formula is C19H30N4S. The number of hydrogen-bond donors (Lipinski definition) is 1. The monoisotopic (exact) mass is 346 g/mol. The fourth-order valence-electron chi connectivity index (χ4n) is 3.39. The summed E-state index contributed by atoms with van der Waals surface area (Å²) in [6, 6.07) is 8.70. The van der Waals surface area contributed by atoms with Gasteiger partial charge < -0.3 is 10.6 Å². The van der Waals surface area contributed by atoms with E-state index in [1.165, 1.54) is 37.1 Å². The molecule has 0 aromatic heterocycles. The van der Waals surface area contributed by atoms with Crippen LogP contribution >= 0.6 is 11.8 Å². The molecule has 0 unspecified atom stereocenters. The molecule has 1 aromatic rings. The largest absolute Gasteiger partial charge is 0.370 e. The van der Waals surface area contributed by atoms with Gasteiger partial charge in [-0.3, -0.25) is 4.90 Å². The predicted octanol–water partition coefficient (Wildman–Crippen LogP) is 2.78. The van der Waals surface area contributed by atoms with Gasteiger partial charge in [-0.2, -0.15) is 11.8 Å². The fourth-order valence-corrected chi connectivity index (χ4v) is 4.29. The third-order valence-corrected chi connectivity index (χ3v) is 6.08. The van der Waals surface area contributed by atoms with E-state index in [0.29, 0.717) is 12.5 Å². The van der Waals surface area contributed by atoms with Crippen LogP contribution < -0.4 is 5.73 Å². The van der Waals surface area contributed by atoms with Crippen LogP contribution in [0.3, 0.4) is 0 Å². The third kappa shape index (κ3) is 4.90. The molecule has 2 N–H and O–H groups in total. The Kier molecular flexibility index (Phi) is 6.44. The van der Waals surface area contributed by atoms with E-state index in [2.05, 4.69) is 46.0 Å². The molecule has 0 atom stereocenters. The molecule has 2 heterocycles. The highest BCUT2D eigenvalue weighted by Gasteiger charge is 2.17. The van der Waals surface area contributed by atoms with Gasteiger partial charge in [-0.1, -0.05) is 31.2 Å². The topological polar surface area (TPSA) is 44.9 Å². The second-order valence-electron chi connectivity index (χ2n) is 7.00. The molecule has 0 saturated carbocycles. The van der Waals surface area contributed by atoms with E-state index in [1.54, 1.807) is 0 Å². The van der Waals surface area contributed by atoms with E-state index in [0.717, 1.165) is 37.1 Å². The SMILES string of the molecule is CC1CCN(Cc2ccccc2CN=C(N)N2CCSCC2)CC1. The molecule has 2 aliphatic rings. The van der Waals surface area contributed by atoms with E-state index in [4.69, 9.17) is 5.73 Å². The van der Waals surface area contributed by atoms with Crippen LogP contribution in [0.5, 0.6) is 0 Å². The number of nitrogens with two attached hydrogens (primary N) is 1. The minimum Gasteiger partial charge on any atom is -0.370 e. The van der Waals surface area contributed by atoms with Crippen molar-refractivity contribution >= 4 is 17.7 Å². The number of aliphatic imine (C=N–C) groups is 1. The van der Waals surface area contributed by atoms with E-state index in [1.807, 2.05) is 11.8 Å². The number of thioether (sulfide) groups is 1. The Balaban J connectivity index is 1.61. The highest BCUT2D eigenvalue weighted by Crippen LogP contribution is 2.20. The molecule has 24 heavy (non-hydrogen) atoms. The molecule has 5 heteroatoms. The highest BCUT2D eigenvalue weighted by atomic mass is 32.2. The third-order valence-electron chi connectivity index (χ3n) is 5.14. The van der Waals surface area contributed by atoms with Crippen molar-refractivity contribution in [1.29, 1.82) is 0 Å². The van der Waals surface area contributed by atoms with Crippen LogP contribution in [0.4, 0.5) is 0 Å². The predicted molar refractivity (Wildman–Crippen MR) is 104 cm³/mol. The number of rotatable bonds is 4. The smallest absolute Gasteiger partial charge is 0.191 e. The van der Waals surface area contributed by atoms with Crippen LogP contribution in [0.25, 0.3) is 0 Å². The van der Waals surface area contributed by atoms with Crippen LogP contribution in [0.15, 0.2) is 29.3 Å². The van der Waals surface area contributed by atoms with Crippen LogP contribution in [-0.4, -0.2) is 53.4 Å². The molecule has 2 fully saturated rings. The zero-order valence-corrected chi connectivity index (χ0v) is 15.6. The molecule has 0 spiro atoms. The lowest BCUT2D eigenvalue weighted by atomic mass is 9.98. The van der Waals surface area contributed by atoms with Crippen molar-refractivity contribution in [1.82, 2.24) is 9.80 Å². The van der Waals surface area contributed by atoms with E-state index in [-0.39, 0.29) is 0 Å². The maximum Gasteiger partial charge on any atom is 0.191 e. The van der Waals surface area contributed by atoms with Crippen molar-refractivity contribution in [2.45, 2.75) is 32.9 Å². The first kappa shape index (κ1) is 17.6. The van der Waals surface area contributed by atoms with Crippen molar-refractivity contribution in [2.24, 2.45) is 16.6 Å². The summed E-state index contributed by atoms with van der Waals surface area (Å²) >= 11 is 1.99. The molecule has 4 nitrogen and oxygen atoms in total. The number of hydrogen-bond acceptors (Lipinski definition) is 3. The minimum absolute atomic E-state index is 0.690.